The molecule has 0 bridgehead atoms. The maximum atomic E-state index is 2.55. The molecule has 0 radical (unpaired) electrons. The Morgan fingerprint density at radius 2 is 0.852 bits per heavy atom. The Bertz CT molecular complexity index is 3310. The van der Waals surface area contributed by atoms with Gasteiger partial charge in [0.1, 0.15) is 0 Å². The molecule has 0 unspecified atom stereocenters. The number of hydrogen-bond donors (Lipinski definition) is 0. The van der Waals surface area contributed by atoms with Crippen LogP contribution in [0.5, 0.6) is 0 Å². The highest BCUT2D eigenvalue weighted by molar-refractivity contribution is 7.00. The Kier molecular flexibility index (Phi) is 7.93. The largest absolute Gasteiger partial charge is 0.311 e. The van der Waals surface area contributed by atoms with Crippen LogP contribution in [0, 0.1) is 0 Å². The van der Waals surface area contributed by atoms with Gasteiger partial charge in [0, 0.05) is 34.1 Å². The summed E-state index contributed by atoms with van der Waals surface area (Å²) in [6.07, 6.45) is 0. The van der Waals surface area contributed by atoms with E-state index >= 15 is 0 Å². The van der Waals surface area contributed by atoms with Crippen molar-refractivity contribution in [1.82, 2.24) is 0 Å². The monoisotopic (exact) mass is 778 g/mol. The maximum Gasteiger partial charge on any atom is 0.252 e. The number of para-hydroxylation sites is 3. The van der Waals surface area contributed by atoms with Crippen LogP contribution in [0.4, 0.5) is 34.1 Å². The molecule has 10 aromatic rings. The number of anilines is 6. The lowest BCUT2D eigenvalue weighted by atomic mass is 9.33. The summed E-state index contributed by atoms with van der Waals surface area (Å²) in [5.41, 5.74) is 17.4. The van der Waals surface area contributed by atoms with Crippen molar-refractivity contribution in [3.05, 3.63) is 212 Å². The number of rotatable bonds is 4. The normalized spacial score (nSPS) is 13.1. The van der Waals surface area contributed by atoms with Crippen LogP contribution >= 0.6 is 0 Å². The predicted molar refractivity (Wildman–Crippen MR) is 263 cm³/mol. The molecule has 61 heavy (non-hydrogen) atoms. The van der Waals surface area contributed by atoms with Gasteiger partial charge in [-0.1, -0.05) is 172 Å². The van der Waals surface area contributed by atoms with E-state index < -0.39 is 0 Å². The van der Waals surface area contributed by atoms with Crippen molar-refractivity contribution in [2.24, 2.45) is 0 Å². The first-order chi connectivity index (χ1) is 29.9. The van der Waals surface area contributed by atoms with Crippen molar-refractivity contribution in [2.45, 2.75) is 26.2 Å². The lowest BCUT2D eigenvalue weighted by molar-refractivity contribution is 0.590. The van der Waals surface area contributed by atoms with Crippen molar-refractivity contribution >= 4 is 89.5 Å². The summed E-state index contributed by atoms with van der Waals surface area (Å²) < 4.78 is 0. The molecule has 0 atom stereocenters. The molecule has 12 rings (SSSR count). The zero-order valence-electron chi connectivity index (χ0n) is 34.6. The summed E-state index contributed by atoms with van der Waals surface area (Å²) in [4.78, 5) is 5.06. The van der Waals surface area contributed by atoms with Gasteiger partial charge in [0.05, 0.1) is 0 Å². The van der Waals surface area contributed by atoms with Crippen molar-refractivity contribution in [2.75, 3.05) is 9.80 Å². The zero-order valence-corrected chi connectivity index (χ0v) is 34.6. The Balaban J connectivity index is 1.22. The van der Waals surface area contributed by atoms with Gasteiger partial charge in [0.2, 0.25) is 0 Å². The molecule has 0 aromatic heterocycles. The first-order valence-corrected chi connectivity index (χ1v) is 21.5. The highest BCUT2D eigenvalue weighted by atomic mass is 15.2. The van der Waals surface area contributed by atoms with Crippen LogP contribution in [-0.2, 0) is 5.41 Å². The van der Waals surface area contributed by atoms with Gasteiger partial charge in [0.15, 0.2) is 0 Å². The van der Waals surface area contributed by atoms with Crippen LogP contribution in [0.2, 0.25) is 0 Å². The Morgan fingerprint density at radius 1 is 0.361 bits per heavy atom. The molecule has 0 saturated carbocycles. The van der Waals surface area contributed by atoms with Crippen LogP contribution in [0.1, 0.15) is 26.3 Å². The van der Waals surface area contributed by atoms with E-state index in [1.165, 1.54) is 99.3 Å². The van der Waals surface area contributed by atoms with Gasteiger partial charge in [-0.15, -0.1) is 0 Å². The van der Waals surface area contributed by atoms with E-state index in [4.69, 9.17) is 0 Å². The van der Waals surface area contributed by atoms with Gasteiger partial charge in [-0.2, -0.15) is 0 Å². The van der Waals surface area contributed by atoms with E-state index in [1.54, 1.807) is 0 Å². The number of hydrogen-bond acceptors (Lipinski definition) is 2. The second kappa shape index (κ2) is 13.6. The van der Waals surface area contributed by atoms with E-state index in [-0.39, 0.29) is 12.1 Å². The van der Waals surface area contributed by atoms with Gasteiger partial charge >= 0.3 is 0 Å². The number of benzene rings is 10. The van der Waals surface area contributed by atoms with E-state index in [0.717, 1.165) is 11.4 Å². The van der Waals surface area contributed by atoms with E-state index in [9.17, 15) is 0 Å². The average molecular weight is 779 g/mol. The molecule has 3 heteroatoms. The molecule has 0 spiro atoms. The van der Waals surface area contributed by atoms with Gasteiger partial charge < -0.3 is 9.80 Å². The lowest BCUT2D eigenvalue weighted by Crippen LogP contribution is -2.61. The van der Waals surface area contributed by atoms with Crippen LogP contribution in [0.3, 0.4) is 0 Å². The third-order valence-corrected chi connectivity index (χ3v) is 13.1. The molecule has 0 aliphatic carbocycles. The number of fused-ring (bicyclic) bond motifs is 7. The molecule has 2 aliphatic rings. The predicted octanol–water partition coefficient (Wildman–Crippen LogP) is 13.9. The Labute approximate surface area is 358 Å². The summed E-state index contributed by atoms with van der Waals surface area (Å²) in [7, 11) is 0. The molecule has 0 fully saturated rings. The molecule has 10 aromatic carbocycles. The molecule has 2 nitrogen and oxygen atoms in total. The minimum atomic E-state index is -0.0239. The minimum Gasteiger partial charge on any atom is -0.311 e. The first-order valence-electron chi connectivity index (χ1n) is 21.5. The fourth-order valence-corrected chi connectivity index (χ4v) is 10.4. The van der Waals surface area contributed by atoms with Crippen molar-refractivity contribution in [3.63, 3.8) is 0 Å². The summed E-state index contributed by atoms with van der Waals surface area (Å²) in [5, 5.41) is 7.49. The number of nitrogens with zero attached hydrogens (tertiary/aromatic N) is 2. The lowest BCUT2D eigenvalue weighted by Gasteiger charge is -2.45. The summed E-state index contributed by atoms with van der Waals surface area (Å²) in [6.45, 7) is 7.00. The molecule has 0 amide bonds. The molecule has 0 saturated heterocycles. The van der Waals surface area contributed by atoms with Crippen molar-refractivity contribution < 1.29 is 0 Å². The highest BCUT2D eigenvalue weighted by Gasteiger charge is 2.44. The second-order valence-electron chi connectivity index (χ2n) is 17.7. The first kappa shape index (κ1) is 35.6. The van der Waals surface area contributed by atoms with Crippen molar-refractivity contribution in [3.8, 4) is 22.3 Å². The average Bonchev–Trinajstić information content (AvgIpc) is 3.30. The fourth-order valence-electron chi connectivity index (χ4n) is 10.4. The van der Waals surface area contributed by atoms with Crippen molar-refractivity contribution in [1.29, 1.82) is 0 Å². The fraction of sp³-hybridized carbons (Fsp3) is 0.0690. The third kappa shape index (κ3) is 5.50. The van der Waals surface area contributed by atoms with Gasteiger partial charge in [-0.05, 0) is 137 Å². The third-order valence-electron chi connectivity index (χ3n) is 13.1. The SMILES string of the molecule is CC(C)(C)c1ccc2c(c1)N(c1ccccc1)c1cc(-c3c4ccccc4c(-c4ccc5ccccc5c4)c4ccccc34)cc3c1B2c1ccccc1N3c1ccccc1. The standard InChI is InChI=1S/C58H43BN2/c1-58(2,3)42-32-33-50-52(37-42)61(44-22-8-5-9-23-44)54-36-41(35-53-57(54)59(50)49-28-16-17-29-51(49)60(53)43-20-6-4-7-21-43)56-47-26-14-12-24-45(47)55(46-25-13-15-27-48(46)56)40-31-30-38-18-10-11-19-39(38)34-40/h4-37H,1-3H3. The van der Waals surface area contributed by atoms with Crippen LogP contribution in [0.25, 0.3) is 54.6 Å². The maximum absolute atomic E-state index is 2.55. The zero-order chi connectivity index (χ0) is 40.8. The van der Waals surface area contributed by atoms with Gasteiger partial charge in [-0.25, -0.2) is 0 Å². The molecule has 2 aliphatic heterocycles. The minimum absolute atomic E-state index is 0.0239. The van der Waals surface area contributed by atoms with Gasteiger partial charge in [0.25, 0.3) is 6.71 Å². The topological polar surface area (TPSA) is 6.48 Å². The van der Waals surface area contributed by atoms with Crippen LogP contribution < -0.4 is 26.2 Å². The smallest absolute Gasteiger partial charge is 0.252 e. The van der Waals surface area contributed by atoms with Crippen LogP contribution in [-0.4, -0.2) is 6.71 Å². The molecule has 2 heterocycles. The van der Waals surface area contributed by atoms with E-state index in [0.29, 0.717) is 0 Å². The quantitative estimate of drug-likeness (QED) is 0.130. The molecular formula is C58H43BN2. The highest BCUT2D eigenvalue weighted by Crippen LogP contribution is 2.50. The van der Waals surface area contributed by atoms with E-state index in [1.807, 2.05) is 0 Å². The van der Waals surface area contributed by atoms with E-state index in [2.05, 4.69) is 237 Å². The summed E-state index contributed by atoms with van der Waals surface area (Å²) in [5.74, 6) is 0. The Hall–Kier alpha value is -7.36. The molecular weight excluding hydrogens is 735 g/mol. The van der Waals surface area contributed by atoms with Gasteiger partial charge in [-0.3, -0.25) is 0 Å². The van der Waals surface area contributed by atoms with Crippen LogP contribution in [0.15, 0.2) is 206 Å². The second-order valence-corrected chi connectivity index (χ2v) is 17.7. The molecule has 288 valence electrons. The summed E-state index contributed by atoms with van der Waals surface area (Å²) in [6, 6.07) is 77.0. The summed E-state index contributed by atoms with van der Waals surface area (Å²) >= 11 is 0. The molecule has 0 N–H and O–H groups in total. The Morgan fingerprint density at radius 3 is 1.46 bits per heavy atom.